The average Bonchev–Trinajstić information content (AvgIpc) is 2.97. The van der Waals surface area contributed by atoms with E-state index in [0.29, 0.717) is 12.6 Å². The van der Waals surface area contributed by atoms with Crippen molar-refractivity contribution in [2.75, 3.05) is 13.6 Å². The van der Waals surface area contributed by atoms with Crippen LogP contribution in [0.25, 0.3) is 0 Å². The number of nitrogens with two attached hydrogens (primary N) is 1. The molecule has 0 bridgehead atoms. The molecule has 2 fully saturated rings. The van der Waals surface area contributed by atoms with Crippen LogP contribution < -0.4 is 5.73 Å². The Morgan fingerprint density at radius 3 is 2.56 bits per heavy atom. The Kier molecular flexibility index (Phi) is 3.82. The van der Waals surface area contributed by atoms with E-state index < -0.39 is 0 Å². The maximum Gasteiger partial charge on any atom is 0.251 e. The first kappa shape index (κ1) is 11.9. The first-order valence-corrected chi connectivity index (χ1v) is 6.34. The molecular formula is C12H22N2O2. The average molecular weight is 226 g/mol. The van der Waals surface area contributed by atoms with Crippen molar-refractivity contribution < 1.29 is 9.53 Å². The van der Waals surface area contributed by atoms with Crippen LogP contribution in [0.1, 0.15) is 38.5 Å². The third-order valence-corrected chi connectivity index (χ3v) is 3.87. The minimum absolute atomic E-state index is 0.0888. The maximum atomic E-state index is 12.2. The highest BCUT2D eigenvalue weighted by Gasteiger charge is 2.34. The first-order chi connectivity index (χ1) is 7.72. The van der Waals surface area contributed by atoms with Crippen molar-refractivity contribution in [2.45, 2.75) is 56.8 Å². The summed E-state index contributed by atoms with van der Waals surface area (Å²) < 4.78 is 5.64. The topological polar surface area (TPSA) is 55.6 Å². The van der Waals surface area contributed by atoms with Crippen LogP contribution in [-0.2, 0) is 9.53 Å². The molecule has 0 radical (unpaired) electrons. The molecule has 1 saturated carbocycles. The van der Waals surface area contributed by atoms with Crippen LogP contribution in [0.15, 0.2) is 0 Å². The highest BCUT2D eigenvalue weighted by atomic mass is 16.5. The molecule has 0 aromatic heterocycles. The lowest BCUT2D eigenvalue weighted by molar-refractivity contribution is -0.143. The highest BCUT2D eigenvalue weighted by Crippen LogP contribution is 2.26. The minimum Gasteiger partial charge on any atom is -0.364 e. The van der Waals surface area contributed by atoms with Crippen LogP contribution in [0.3, 0.4) is 0 Å². The van der Waals surface area contributed by atoms with Gasteiger partial charge in [0.05, 0.1) is 6.10 Å². The van der Waals surface area contributed by atoms with E-state index in [1.807, 2.05) is 11.9 Å². The summed E-state index contributed by atoms with van der Waals surface area (Å²) in [5, 5.41) is 0. The molecular weight excluding hydrogens is 204 g/mol. The molecule has 92 valence electrons. The van der Waals surface area contributed by atoms with Crippen molar-refractivity contribution in [1.29, 1.82) is 0 Å². The predicted octanol–water partition coefficient (Wildman–Crippen LogP) is 0.894. The zero-order valence-electron chi connectivity index (χ0n) is 10.0. The lowest BCUT2D eigenvalue weighted by Gasteiger charge is -2.27. The summed E-state index contributed by atoms with van der Waals surface area (Å²) in [6, 6.07) is 0.438. The Labute approximate surface area is 97.1 Å². The molecule has 16 heavy (non-hydrogen) atoms. The van der Waals surface area contributed by atoms with Crippen LogP contribution in [-0.4, -0.2) is 42.6 Å². The number of nitrogens with zero attached hydrogens (tertiary/aromatic N) is 1. The van der Waals surface area contributed by atoms with Crippen molar-refractivity contribution in [2.24, 2.45) is 5.73 Å². The fourth-order valence-corrected chi connectivity index (χ4v) is 2.76. The summed E-state index contributed by atoms with van der Waals surface area (Å²) in [6.07, 6.45) is 6.40. The summed E-state index contributed by atoms with van der Waals surface area (Å²) >= 11 is 0. The van der Waals surface area contributed by atoms with E-state index in [0.717, 1.165) is 25.7 Å². The van der Waals surface area contributed by atoms with E-state index in [1.165, 1.54) is 12.8 Å². The summed E-state index contributed by atoms with van der Waals surface area (Å²) in [7, 11) is 1.91. The van der Waals surface area contributed by atoms with Gasteiger partial charge in [-0.25, -0.2) is 0 Å². The van der Waals surface area contributed by atoms with E-state index in [2.05, 4.69) is 0 Å². The normalized spacial score (nSPS) is 30.9. The third-order valence-electron chi connectivity index (χ3n) is 3.87. The van der Waals surface area contributed by atoms with Crippen LogP contribution in [0.4, 0.5) is 0 Å². The molecule has 2 N–H and O–H groups in total. The number of carbonyl (C=O) groups is 1. The molecule has 4 heteroatoms. The Morgan fingerprint density at radius 2 is 2.00 bits per heavy atom. The van der Waals surface area contributed by atoms with E-state index in [-0.39, 0.29) is 18.1 Å². The van der Waals surface area contributed by atoms with Crippen molar-refractivity contribution >= 4 is 5.91 Å². The molecule has 0 spiro atoms. The molecule has 0 aromatic carbocycles. The quantitative estimate of drug-likeness (QED) is 0.777. The molecule has 1 aliphatic heterocycles. The minimum atomic E-state index is -0.237. The maximum absolute atomic E-state index is 12.2. The molecule has 2 aliphatic rings. The number of likely N-dealkylation sites (N-methyl/N-ethyl adjacent to an activating group) is 1. The largest absolute Gasteiger partial charge is 0.364 e. The monoisotopic (exact) mass is 226 g/mol. The van der Waals surface area contributed by atoms with Crippen LogP contribution >= 0.6 is 0 Å². The van der Waals surface area contributed by atoms with Gasteiger partial charge < -0.3 is 15.4 Å². The summed E-state index contributed by atoms with van der Waals surface area (Å²) in [4.78, 5) is 14.1. The molecule has 1 aliphatic carbocycles. The van der Waals surface area contributed by atoms with Gasteiger partial charge in [-0.15, -0.1) is 0 Å². The Balaban J connectivity index is 1.87. The van der Waals surface area contributed by atoms with E-state index in [1.54, 1.807) is 0 Å². The summed E-state index contributed by atoms with van der Waals surface area (Å²) in [5.41, 5.74) is 5.54. The zero-order valence-corrected chi connectivity index (χ0v) is 10.0. The van der Waals surface area contributed by atoms with Gasteiger partial charge in [-0.2, -0.15) is 0 Å². The van der Waals surface area contributed by atoms with Crippen LogP contribution in [0.5, 0.6) is 0 Å². The fourth-order valence-electron chi connectivity index (χ4n) is 2.76. The van der Waals surface area contributed by atoms with Crippen molar-refractivity contribution in [3.05, 3.63) is 0 Å². The SMILES string of the molecule is CN(C(=O)C1CCC(CN)O1)C1CCCC1. The second kappa shape index (κ2) is 5.15. The van der Waals surface area contributed by atoms with E-state index in [4.69, 9.17) is 10.5 Å². The van der Waals surface area contributed by atoms with Gasteiger partial charge in [-0.05, 0) is 25.7 Å². The second-order valence-corrected chi connectivity index (χ2v) is 4.95. The zero-order chi connectivity index (χ0) is 11.5. The second-order valence-electron chi connectivity index (χ2n) is 4.95. The smallest absolute Gasteiger partial charge is 0.251 e. The van der Waals surface area contributed by atoms with Gasteiger partial charge in [-0.1, -0.05) is 12.8 Å². The van der Waals surface area contributed by atoms with Crippen LogP contribution in [0.2, 0.25) is 0 Å². The fraction of sp³-hybridized carbons (Fsp3) is 0.917. The number of hydrogen-bond donors (Lipinski definition) is 1. The van der Waals surface area contributed by atoms with Gasteiger partial charge in [0.2, 0.25) is 0 Å². The molecule has 2 unspecified atom stereocenters. The molecule has 1 saturated heterocycles. The van der Waals surface area contributed by atoms with Gasteiger partial charge in [-0.3, -0.25) is 4.79 Å². The van der Waals surface area contributed by atoms with E-state index in [9.17, 15) is 4.79 Å². The molecule has 1 amide bonds. The van der Waals surface area contributed by atoms with Gasteiger partial charge in [0.15, 0.2) is 0 Å². The third kappa shape index (κ3) is 2.38. The lowest BCUT2D eigenvalue weighted by atomic mass is 10.1. The van der Waals surface area contributed by atoms with Gasteiger partial charge in [0.1, 0.15) is 6.10 Å². The number of ether oxygens (including phenoxy) is 1. The molecule has 1 heterocycles. The van der Waals surface area contributed by atoms with Crippen molar-refractivity contribution in [3.8, 4) is 0 Å². The summed E-state index contributed by atoms with van der Waals surface area (Å²) in [5.74, 6) is 0.155. The molecule has 2 rings (SSSR count). The van der Waals surface area contributed by atoms with Crippen LogP contribution in [0, 0.1) is 0 Å². The Morgan fingerprint density at radius 1 is 1.31 bits per heavy atom. The predicted molar refractivity (Wildman–Crippen MR) is 62.0 cm³/mol. The standard InChI is InChI=1S/C12H22N2O2/c1-14(9-4-2-3-5-9)12(15)11-7-6-10(8-13)16-11/h9-11H,2-8,13H2,1H3. The highest BCUT2D eigenvalue weighted by molar-refractivity contribution is 5.81. The Hall–Kier alpha value is -0.610. The first-order valence-electron chi connectivity index (χ1n) is 6.34. The molecule has 0 aromatic rings. The molecule has 4 nitrogen and oxygen atoms in total. The Bertz CT molecular complexity index is 251. The number of amides is 1. The van der Waals surface area contributed by atoms with Gasteiger partial charge in [0.25, 0.3) is 5.91 Å². The van der Waals surface area contributed by atoms with Gasteiger partial charge in [0, 0.05) is 19.6 Å². The number of carbonyl (C=O) groups excluding carboxylic acids is 1. The lowest BCUT2D eigenvalue weighted by Crippen LogP contribution is -2.42. The molecule has 2 atom stereocenters. The summed E-state index contributed by atoms with van der Waals surface area (Å²) in [6.45, 7) is 0.525. The number of hydrogen-bond acceptors (Lipinski definition) is 3. The van der Waals surface area contributed by atoms with Crippen molar-refractivity contribution in [3.63, 3.8) is 0 Å². The number of rotatable bonds is 3. The van der Waals surface area contributed by atoms with E-state index >= 15 is 0 Å². The van der Waals surface area contributed by atoms with Crippen molar-refractivity contribution in [1.82, 2.24) is 4.90 Å². The van der Waals surface area contributed by atoms with Gasteiger partial charge >= 0.3 is 0 Å².